The van der Waals surface area contributed by atoms with E-state index in [0.717, 1.165) is 22.8 Å². The summed E-state index contributed by atoms with van der Waals surface area (Å²) in [7, 11) is 1.94. The summed E-state index contributed by atoms with van der Waals surface area (Å²) >= 11 is 0. The summed E-state index contributed by atoms with van der Waals surface area (Å²) in [6.45, 7) is 0.434. The van der Waals surface area contributed by atoms with Crippen molar-refractivity contribution in [2.24, 2.45) is 0 Å². The predicted molar refractivity (Wildman–Crippen MR) is 102 cm³/mol. The summed E-state index contributed by atoms with van der Waals surface area (Å²) in [4.78, 5) is 15.2. The average Bonchev–Trinajstić information content (AvgIpc) is 2.95. The number of rotatable bonds is 4. The molecule has 0 aliphatic carbocycles. The molecule has 0 bridgehead atoms. The average molecular weight is 368 g/mol. The number of ether oxygens (including phenoxy) is 1. The maximum Gasteiger partial charge on any atom is 0.262 e. The predicted octanol–water partition coefficient (Wildman–Crippen LogP) is 2.77. The number of amides is 1. The minimum atomic E-state index is -0.604. The van der Waals surface area contributed by atoms with Gasteiger partial charge in [-0.2, -0.15) is 0 Å². The molecule has 0 atom stereocenters. The third-order valence-corrected chi connectivity index (χ3v) is 4.69. The normalized spacial score (nSPS) is 15.8. The van der Waals surface area contributed by atoms with E-state index in [4.69, 9.17) is 4.74 Å². The van der Waals surface area contributed by atoms with Crippen LogP contribution >= 0.6 is 0 Å². The topological polar surface area (TPSA) is 56.8 Å². The number of hydrogen-bond acceptors (Lipinski definition) is 5. The fourth-order valence-corrected chi connectivity index (χ4v) is 3.38. The summed E-state index contributed by atoms with van der Waals surface area (Å²) in [5, 5.41) is 5.35. The number of hydrazine groups is 1. The van der Waals surface area contributed by atoms with Crippen LogP contribution in [0.1, 0.15) is 10.4 Å². The fourth-order valence-electron chi connectivity index (χ4n) is 3.38. The van der Waals surface area contributed by atoms with E-state index >= 15 is 0 Å². The van der Waals surface area contributed by atoms with Crippen molar-refractivity contribution < 1.29 is 13.9 Å². The van der Waals surface area contributed by atoms with E-state index in [1.807, 2.05) is 36.3 Å². The minimum Gasteiger partial charge on any atom is -0.490 e. The number of benzene rings is 2. The second kappa shape index (κ2) is 7.28. The molecular formula is C20H21FN4O2. The van der Waals surface area contributed by atoms with Crippen LogP contribution < -0.4 is 20.4 Å². The van der Waals surface area contributed by atoms with Gasteiger partial charge in [0.25, 0.3) is 5.91 Å². The summed E-state index contributed by atoms with van der Waals surface area (Å²) in [5.74, 6) is 1.17. The Morgan fingerprint density at radius 3 is 2.81 bits per heavy atom. The summed E-state index contributed by atoms with van der Waals surface area (Å²) in [6, 6.07) is 14.7. The number of para-hydroxylation sites is 3. The molecule has 0 saturated heterocycles. The molecule has 2 N–H and O–H groups in total. The number of carbonyl (C=O) groups excluding carboxylic acids is 1. The van der Waals surface area contributed by atoms with E-state index < -0.39 is 6.67 Å². The van der Waals surface area contributed by atoms with Gasteiger partial charge in [-0.3, -0.25) is 9.80 Å². The number of nitrogens with zero attached hydrogens (tertiary/aromatic N) is 2. The first-order chi connectivity index (χ1) is 13.2. The van der Waals surface area contributed by atoms with E-state index in [1.165, 1.54) is 0 Å². The van der Waals surface area contributed by atoms with Crippen LogP contribution in [0.15, 0.2) is 59.9 Å². The van der Waals surface area contributed by atoms with Crippen molar-refractivity contribution in [2.45, 2.75) is 0 Å². The smallest absolute Gasteiger partial charge is 0.262 e. The van der Waals surface area contributed by atoms with Gasteiger partial charge < -0.3 is 15.0 Å². The molecule has 0 fully saturated rings. The Hall–Kier alpha value is -3.06. The number of carbonyl (C=O) groups is 1. The van der Waals surface area contributed by atoms with Gasteiger partial charge in [-0.15, -0.1) is 0 Å². The first-order valence-electron chi connectivity index (χ1n) is 8.84. The Morgan fingerprint density at radius 2 is 1.96 bits per heavy atom. The number of halogens is 1. The van der Waals surface area contributed by atoms with Gasteiger partial charge in [0.1, 0.15) is 24.9 Å². The fraction of sp³-hybridized carbons (Fsp3) is 0.250. The molecule has 0 unspecified atom stereocenters. The number of anilines is 2. The number of fused-ring (bicyclic) bond motifs is 1. The zero-order chi connectivity index (χ0) is 18.8. The second-order valence-corrected chi connectivity index (χ2v) is 6.41. The lowest BCUT2D eigenvalue weighted by Gasteiger charge is -2.25. The van der Waals surface area contributed by atoms with E-state index in [9.17, 15) is 9.18 Å². The molecule has 2 aliphatic heterocycles. The van der Waals surface area contributed by atoms with Crippen molar-refractivity contribution in [1.29, 1.82) is 0 Å². The molecule has 0 saturated carbocycles. The molecule has 4 rings (SSSR count). The molecule has 140 valence electrons. The number of alkyl halides is 1. The molecule has 7 heteroatoms. The monoisotopic (exact) mass is 368 g/mol. The highest BCUT2D eigenvalue weighted by molar-refractivity contribution is 6.10. The Morgan fingerprint density at radius 1 is 1.19 bits per heavy atom. The molecule has 6 nitrogen and oxygen atoms in total. The molecular weight excluding hydrogens is 347 g/mol. The van der Waals surface area contributed by atoms with Crippen molar-refractivity contribution in [1.82, 2.24) is 10.4 Å². The van der Waals surface area contributed by atoms with Crippen molar-refractivity contribution in [2.75, 3.05) is 43.6 Å². The Bertz CT molecular complexity index is 899. The van der Waals surface area contributed by atoms with Crippen LogP contribution in [-0.4, -0.2) is 44.3 Å². The summed E-state index contributed by atoms with van der Waals surface area (Å²) in [6.07, 6.45) is 0. The largest absolute Gasteiger partial charge is 0.490 e. The van der Waals surface area contributed by atoms with E-state index in [1.54, 1.807) is 29.2 Å². The minimum absolute atomic E-state index is 0.0769. The lowest BCUT2D eigenvalue weighted by Crippen LogP contribution is -2.34. The highest BCUT2D eigenvalue weighted by Gasteiger charge is 2.31. The van der Waals surface area contributed by atoms with Gasteiger partial charge in [0.2, 0.25) is 0 Å². The summed E-state index contributed by atoms with van der Waals surface area (Å²) < 4.78 is 18.0. The third kappa shape index (κ3) is 3.21. The van der Waals surface area contributed by atoms with E-state index in [-0.39, 0.29) is 12.5 Å². The van der Waals surface area contributed by atoms with Crippen LogP contribution in [0.25, 0.3) is 0 Å². The molecule has 2 aliphatic rings. The van der Waals surface area contributed by atoms with Crippen molar-refractivity contribution in [3.63, 3.8) is 0 Å². The summed E-state index contributed by atoms with van der Waals surface area (Å²) in [5.41, 5.74) is 6.41. The maximum atomic E-state index is 13.4. The molecule has 0 aromatic heterocycles. The Kier molecular flexibility index (Phi) is 4.68. The lowest BCUT2D eigenvalue weighted by atomic mass is 10.1. The Labute approximate surface area is 157 Å². The van der Waals surface area contributed by atoms with Gasteiger partial charge in [-0.05, 0) is 24.3 Å². The van der Waals surface area contributed by atoms with Crippen LogP contribution in [0.4, 0.5) is 15.8 Å². The molecule has 2 aromatic carbocycles. The van der Waals surface area contributed by atoms with Gasteiger partial charge in [-0.25, -0.2) is 9.82 Å². The van der Waals surface area contributed by atoms with Gasteiger partial charge in [0.05, 0.1) is 23.5 Å². The van der Waals surface area contributed by atoms with Gasteiger partial charge in [-0.1, -0.05) is 24.3 Å². The van der Waals surface area contributed by atoms with Crippen molar-refractivity contribution in [3.8, 4) is 5.75 Å². The molecule has 1 amide bonds. The highest BCUT2D eigenvalue weighted by atomic mass is 19.1. The standard InChI is InChI=1S/C20H21FN4O2/c1-24-19-14(12-22-24)13-25(17-8-4-3-7-16(17)23-19)20(26)15-6-2-5-9-18(15)27-11-10-21/h2-9,22-23H,10-13H2,1H3. The van der Waals surface area contributed by atoms with Crippen LogP contribution in [0.5, 0.6) is 5.75 Å². The molecule has 0 radical (unpaired) electrons. The molecule has 2 heterocycles. The van der Waals surface area contributed by atoms with Crippen molar-refractivity contribution >= 4 is 17.3 Å². The Balaban J connectivity index is 1.74. The lowest BCUT2D eigenvalue weighted by molar-refractivity contribution is 0.0984. The van der Waals surface area contributed by atoms with Crippen molar-refractivity contribution in [3.05, 3.63) is 65.5 Å². The van der Waals surface area contributed by atoms with Gasteiger partial charge >= 0.3 is 0 Å². The van der Waals surface area contributed by atoms with Crippen LogP contribution in [0.2, 0.25) is 0 Å². The van der Waals surface area contributed by atoms with E-state index in [0.29, 0.717) is 24.4 Å². The first-order valence-corrected chi connectivity index (χ1v) is 8.84. The second-order valence-electron chi connectivity index (χ2n) is 6.41. The van der Waals surface area contributed by atoms with Crippen LogP contribution in [0, 0.1) is 0 Å². The molecule has 0 spiro atoms. The van der Waals surface area contributed by atoms with Crippen LogP contribution in [-0.2, 0) is 0 Å². The highest BCUT2D eigenvalue weighted by Crippen LogP contribution is 2.35. The zero-order valence-electron chi connectivity index (χ0n) is 15.0. The number of hydrogen-bond donors (Lipinski definition) is 2. The molecule has 2 aromatic rings. The van der Waals surface area contributed by atoms with Gasteiger partial charge in [0.15, 0.2) is 0 Å². The van der Waals surface area contributed by atoms with Crippen LogP contribution in [0.3, 0.4) is 0 Å². The SMILES string of the molecule is CN1NCC2=C1Nc1ccccc1N(C(=O)c1ccccc1OCCF)C2. The zero-order valence-corrected chi connectivity index (χ0v) is 15.0. The first kappa shape index (κ1) is 17.4. The molecule has 27 heavy (non-hydrogen) atoms. The van der Waals surface area contributed by atoms with E-state index in [2.05, 4.69) is 10.7 Å². The maximum absolute atomic E-state index is 13.4. The van der Waals surface area contributed by atoms with Gasteiger partial charge in [0, 0.05) is 19.2 Å². The third-order valence-electron chi connectivity index (χ3n) is 4.69. The quantitative estimate of drug-likeness (QED) is 0.869. The number of nitrogens with one attached hydrogen (secondary N) is 2.